The van der Waals surface area contributed by atoms with Crippen LogP contribution in [0.1, 0.15) is 26.3 Å². The standard InChI is InChI=1S/C14H30B8N2O/c1-10(2,3)7-8-5-4-6-23-9(8)24-11(15,16)13(19,20)25-14(21,22)12(24,17)18/h4-6H,7,15-22H2,1-3H3. The van der Waals surface area contributed by atoms with Gasteiger partial charge in [-0.25, -0.2) is 4.98 Å². The number of morpholine rings is 1. The molecule has 0 spiro atoms. The van der Waals surface area contributed by atoms with E-state index in [1.54, 1.807) is 0 Å². The zero-order chi connectivity index (χ0) is 19.5. The maximum absolute atomic E-state index is 6.61. The van der Waals surface area contributed by atoms with Crippen molar-refractivity contribution < 1.29 is 4.74 Å². The van der Waals surface area contributed by atoms with E-state index in [-0.39, 0.29) is 26.9 Å². The van der Waals surface area contributed by atoms with Crippen molar-refractivity contribution in [1.82, 2.24) is 4.98 Å². The van der Waals surface area contributed by atoms with E-state index in [1.807, 2.05) is 6.20 Å². The van der Waals surface area contributed by atoms with Crippen LogP contribution in [0, 0.1) is 5.41 Å². The van der Waals surface area contributed by atoms with Gasteiger partial charge in [-0.2, -0.15) is 0 Å². The van der Waals surface area contributed by atoms with Crippen LogP contribution in [0.25, 0.3) is 0 Å². The Morgan fingerprint density at radius 3 is 1.88 bits per heavy atom. The second-order valence-corrected chi connectivity index (χ2v) is 10.8. The average Bonchev–Trinajstić information content (AvgIpc) is 2.36. The Labute approximate surface area is 161 Å². The van der Waals surface area contributed by atoms with Crippen LogP contribution in [0.15, 0.2) is 18.3 Å². The van der Waals surface area contributed by atoms with Gasteiger partial charge in [0.15, 0.2) is 0 Å². The van der Waals surface area contributed by atoms with Crippen LogP contribution < -0.4 is 4.90 Å². The molecule has 0 N–H and O–H groups in total. The predicted octanol–water partition coefficient (Wildman–Crippen LogP) is -5.81. The van der Waals surface area contributed by atoms with E-state index in [0.29, 0.717) is 0 Å². The van der Waals surface area contributed by atoms with Crippen molar-refractivity contribution in [2.24, 2.45) is 5.41 Å². The van der Waals surface area contributed by atoms with Crippen molar-refractivity contribution in [3.63, 3.8) is 0 Å². The number of anilines is 1. The molecule has 1 aromatic rings. The van der Waals surface area contributed by atoms with Crippen LogP contribution in [0.5, 0.6) is 0 Å². The van der Waals surface area contributed by atoms with E-state index in [1.165, 1.54) is 5.56 Å². The lowest BCUT2D eigenvalue weighted by Gasteiger charge is -2.69. The molecule has 126 valence electrons. The number of rotatable bonds is 2. The van der Waals surface area contributed by atoms with Gasteiger partial charge in [-0.3, -0.25) is 0 Å². The number of nitrogens with zero attached hydrogens (tertiary/aromatic N) is 2. The van der Waals surface area contributed by atoms with Crippen molar-refractivity contribution in [1.29, 1.82) is 0 Å². The molecule has 1 aromatic heterocycles. The second kappa shape index (κ2) is 5.97. The summed E-state index contributed by atoms with van der Waals surface area (Å²) in [6, 6.07) is 4.29. The highest BCUT2D eigenvalue weighted by Crippen LogP contribution is 2.43. The van der Waals surface area contributed by atoms with Crippen molar-refractivity contribution in [2.45, 2.75) is 48.7 Å². The topological polar surface area (TPSA) is 25.4 Å². The lowest BCUT2D eigenvalue weighted by molar-refractivity contribution is -0.0257. The fraction of sp³-hybridized carbons (Fsp3) is 0.643. The molecule has 1 aliphatic heterocycles. The van der Waals surface area contributed by atoms with E-state index in [9.17, 15) is 0 Å². The van der Waals surface area contributed by atoms with E-state index in [0.717, 1.165) is 12.2 Å². The SMILES string of the molecule is BC1(B)OC(B)(B)C(B)(B)N(c2ncccc2CC(C)(C)C)C1(B)B. The molecule has 25 heavy (non-hydrogen) atoms. The summed E-state index contributed by atoms with van der Waals surface area (Å²) < 4.78 is 6.61. The summed E-state index contributed by atoms with van der Waals surface area (Å²) in [6.45, 7) is 6.85. The summed E-state index contributed by atoms with van der Waals surface area (Å²) in [6.07, 6.45) is 2.92. The first kappa shape index (κ1) is 20.7. The minimum Gasteiger partial charge on any atom is -0.402 e. The van der Waals surface area contributed by atoms with Gasteiger partial charge in [0.2, 0.25) is 0 Å². The first-order chi connectivity index (χ1) is 11.0. The molecule has 1 saturated heterocycles. The third-order valence-electron chi connectivity index (χ3n) is 6.38. The maximum Gasteiger partial charge on any atom is 0.133 e. The number of hydrogen-bond donors (Lipinski definition) is 0. The van der Waals surface area contributed by atoms with Gasteiger partial charge in [0, 0.05) is 17.0 Å². The van der Waals surface area contributed by atoms with Crippen LogP contribution >= 0.6 is 0 Å². The molecule has 0 amide bonds. The molecular weight excluding hydrogens is 299 g/mol. The summed E-state index contributed by atoms with van der Waals surface area (Å²) in [5.74, 6) is 1.09. The summed E-state index contributed by atoms with van der Waals surface area (Å²) in [5, 5.41) is -1.01. The number of aromatic nitrogens is 1. The van der Waals surface area contributed by atoms with Crippen LogP contribution in [0.3, 0.4) is 0 Å². The van der Waals surface area contributed by atoms with Gasteiger partial charge in [0.25, 0.3) is 0 Å². The average molecular weight is 329 g/mol. The Morgan fingerprint density at radius 1 is 0.960 bits per heavy atom. The molecule has 3 nitrogen and oxygen atoms in total. The molecule has 0 saturated carbocycles. The Bertz CT molecular complexity index is 630. The highest BCUT2D eigenvalue weighted by molar-refractivity contribution is 6.61. The molecule has 2 rings (SSSR count). The van der Waals surface area contributed by atoms with Crippen molar-refractivity contribution in [3.05, 3.63) is 23.9 Å². The molecule has 1 aliphatic rings. The molecule has 0 unspecified atom stereocenters. The molecule has 0 radical (unpaired) electrons. The van der Waals surface area contributed by atoms with Crippen molar-refractivity contribution in [3.8, 4) is 0 Å². The van der Waals surface area contributed by atoms with Gasteiger partial charge in [-0.05, 0) is 34.1 Å². The highest BCUT2D eigenvalue weighted by atomic mass is 16.5. The quantitative estimate of drug-likeness (QED) is 0.506. The third-order valence-corrected chi connectivity index (χ3v) is 6.38. The first-order valence-corrected chi connectivity index (χ1v) is 9.47. The Hall–Kier alpha value is -0.571. The second-order valence-electron chi connectivity index (χ2n) is 10.8. The lowest BCUT2D eigenvalue weighted by Crippen LogP contribution is -2.86. The molecule has 1 fully saturated rings. The zero-order valence-electron chi connectivity index (χ0n) is 18.2. The minimum absolute atomic E-state index is 0.201. The Balaban J connectivity index is 2.70. The van der Waals surface area contributed by atoms with E-state index in [2.05, 4.69) is 101 Å². The molecule has 0 aromatic carbocycles. The van der Waals surface area contributed by atoms with Gasteiger partial charge < -0.3 is 9.64 Å². The molecule has 0 atom stereocenters. The monoisotopic (exact) mass is 330 g/mol. The van der Waals surface area contributed by atoms with Crippen LogP contribution in [-0.4, -0.2) is 89.2 Å². The summed E-state index contributed by atoms with van der Waals surface area (Å²) in [5.41, 5.74) is 1.52. The lowest BCUT2D eigenvalue weighted by atomic mass is 9.30. The highest BCUT2D eigenvalue weighted by Gasteiger charge is 2.59. The van der Waals surface area contributed by atoms with Crippen molar-refractivity contribution in [2.75, 3.05) is 4.90 Å². The summed E-state index contributed by atoms with van der Waals surface area (Å²) in [7, 11) is 17.9. The molecule has 11 heteroatoms. The molecular formula is C14H30B8N2O. The minimum atomic E-state index is -0.303. The fourth-order valence-corrected chi connectivity index (χ4v) is 4.00. The largest absolute Gasteiger partial charge is 0.402 e. The third kappa shape index (κ3) is 3.50. The smallest absolute Gasteiger partial charge is 0.133 e. The Morgan fingerprint density at radius 2 is 1.44 bits per heavy atom. The normalized spacial score (nSPS) is 23.9. The number of ether oxygens (including phenoxy) is 1. The summed E-state index contributed by atoms with van der Waals surface area (Å²) >= 11 is 0. The van der Waals surface area contributed by atoms with Crippen LogP contribution in [-0.2, 0) is 11.2 Å². The van der Waals surface area contributed by atoms with Gasteiger partial charge in [-0.1, -0.05) is 26.8 Å². The van der Waals surface area contributed by atoms with Gasteiger partial charge >= 0.3 is 0 Å². The van der Waals surface area contributed by atoms with Crippen molar-refractivity contribution >= 4 is 68.6 Å². The fourth-order valence-electron chi connectivity index (χ4n) is 4.00. The number of pyridine rings is 1. The summed E-state index contributed by atoms with van der Waals surface area (Å²) in [4.78, 5) is 7.40. The molecule has 0 bridgehead atoms. The Kier molecular flexibility index (Phi) is 4.95. The van der Waals surface area contributed by atoms with Crippen LogP contribution in [0.2, 0.25) is 0 Å². The molecule has 0 aliphatic carbocycles. The van der Waals surface area contributed by atoms with Crippen LogP contribution in [0.4, 0.5) is 5.82 Å². The van der Waals surface area contributed by atoms with Gasteiger partial charge in [0.05, 0.1) is 0 Å². The zero-order valence-corrected chi connectivity index (χ0v) is 18.2. The number of hydrogen-bond acceptors (Lipinski definition) is 3. The predicted molar refractivity (Wildman–Crippen MR) is 130 cm³/mol. The first-order valence-electron chi connectivity index (χ1n) is 9.47. The molecule has 2 heterocycles. The van der Waals surface area contributed by atoms with E-state index >= 15 is 0 Å². The maximum atomic E-state index is 6.61. The van der Waals surface area contributed by atoms with E-state index < -0.39 is 0 Å². The van der Waals surface area contributed by atoms with E-state index in [4.69, 9.17) is 9.72 Å². The van der Waals surface area contributed by atoms with Gasteiger partial charge in [0.1, 0.15) is 68.6 Å². The van der Waals surface area contributed by atoms with Gasteiger partial charge in [-0.15, -0.1) is 0 Å².